The fraction of sp³-hybridized carbons (Fsp3) is 0.548. The second-order valence-corrected chi connectivity index (χ2v) is 11.9. The largest absolute Gasteiger partial charge is 0.507 e. The Morgan fingerprint density at radius 3 is 2.54 bits per heavy atom. The molecule has 5 rings (SSSR count). The molecule has 0 saturated carbocycles. The summed E-state index contributed by atoms with van der Waals surface area (Å²) in [4.78, 5) is 43.3. The van der Waals surface area contributed by atoms with Gasteiger partial charge in [-0.2, -0.15) is 5.26 Å². The predicted octanol–water partition coefficient (Wildman–Crippen LogP) is 2.59. The number of allylic oxidation sites excluding steroid dienone is 2. The van der Waals surface area contributed by atoms with Crippen molar-refractivity contribution in [3.05, 3.63) is 50.8 Å². The Morgan fingerprint density at radius 2 is 1.90 bits per heavy atom. The molecule has 1 aromatic rings. The van der Waals surface area contributed by atoms with E-state index in [-0.39, 0.29) is 66.6 Å². The van der Waals surface area contributed by atoms with E-state index in [0.29, 0.717) is 12.0 Å². The van der Waals surface area contributed by atoms with Crippen molar-refractivity contribution in [2.75, 3.05) is 27.5 Å². The lowest BCUT2D eigenvalue weighted by molar-refractivity contribution is -0.134. The zero-order valence-electron chi connectivity index (χ0n) is 24.7. The number of piperazine rings is 1. The summed E-state index contributed by atoms with van der Waals surface area (Å²) in [5.41, 5.74) is 4.79. The molecule has 1 unspecified atom stereocenters. The Hall–Kier alpha value is -3.52. The highest BCUT2D eigenvalue weighted by atomic mass is 16.7. The van der Waals surface area contributed by atoms with E-state index in [4.69, 9.17) is 9.47 Å². The van der Waals surface area contributed by atoms with Crippen molar-refractivity contribution < 1.29 is 29.0 Å². The van der Waals surface area contributed by atoms with Gasteiger partial charge >= 0.3 is 0 Å². The van der Waals surface area contributed by atoms with Gasteiger partial charge in [-0.05, 0) is 57.4 Å². The fourth-order valence-electron chi connectivity index (χ4n) is 7.13. The maximum Gasteiger partial charge on any atom is 0.232 e. The molecule has 3 aliphatic heterocycles. The van der Waals surface area contributed by atoms with E-state index in [9.17, 15) is 24.8 Å². The first-order valence-corrected chi connectivity index (χ1v) is 14.1. The second kappa shape index (κ2) is 10.7. The van der Waals surface area contributed by atoms with E-state index in [0.717, 1.165) is 28.0 Å². The number of ether oxygens (including phenoxy) is 2. The molecule has 2 bridgehead atoms. The normalized spacial score (nSPS) is 27.8. The van der Waals surface area contributed by atoms with Crippen LogP contribution < -0.4 is 10.1 Å². The Morgan fingerprint density at radius 1 is 1.20 bits per heavy atom. The highest BCUT2D eigenvalue weighted by Crippen LogP contribution is 2.52. The number of fused-ring (bicyclic) bond motifs is 6. The molecule has 1 aromatic carbocycles. The second-order valence-electron chi connectivity index (χ2n) is 11.9. The van der Waals surface area contributed by atoms with Gasteiger partial charge in [-0.15, -0.1) is 0 Å². The summed E-state index contributed by atoms with van der Waals surface area (Å²) in [6.07, 6.45) is 0.838. The standard InChI is InChI=1S/C31H38N4O6/c1-14(2)31(39)33-12-23-25-19(27(36)17(5)28(37)29(25)38)10-21-26-24-18(8-15(3)16(4)30(24)41-13-40-7)9-20(34(26)6)22(11-32)35(21)23/h8,14,20-23,26,36H,9-10,12-13H2,1-7H3,(H,33,39)/t20-,21?,22-,23-,26-/m0/s1. The average Bonchev–Trinajstić information content (AvgIpc) is 2.94. The van der Waals surface area contributed by atoms with Gasteiger partial charge in [0, 0.05) is 53.9 Å². The summed E-state index contributed by atoms with van der Waals surface area (Å²) in [6, 6.07) is 2.45. The number of amides is 1. The van der Waals surface area contributed by atoms with E-state index in [1.54, 1.807) is 21.0 Å². The molecule has 10 nitrogen and oxygen atoms in total. The first-order valence-electron chi connectivity index (χ1n) is 14.1. The van der Waals surface area contributed by atoms with E-state index in [1.807, 2.05) is 25.8 Å². The Labute approximate surface area is 240 Å². The molecule has 5 atom stereocenters. The van der Waals surface area contributed by atoms with Crippen molar-refractivity contribution in [3.8, 4) is 11.8 Å². The van der Waals surface area contributed by atoms with Crippen molar-refractivity contribution in [1.82, 2.24) is 15.1 Å². The zero-order chi connectivity index (χ0) is 29.9. The van der Waals surface area contributed by atoms with Crippen LogP contribution in [0.5, 0.6) is 5.75 Å². The van der Waals surface area contributed by atoms with Gasteiger partial charge in [0.25, 0.3) is 0 Å². The number of Topliss-reactive ketones (excluding diaryl/α,β-unsaturated/α-hetero) is 2. The molecule has 1 fully saturated rings. The van der Waals surface area contributed by atoms with Gasteiger partial charge in [0.05, 0.1) is 18.2 Å². The molecule has 1 amide bonds. The van der Waals surface area contributed by atoms with Crippen molar-refractivity contribution in [3.63, 3.8) is 0 Å². The number of hydrogen-bond acceptors (Lipinski definition) is 9. The summed E-state index contributed by atoms with van der Waals surface area (Å²) in [6.45, 7) is 9.17. The third kappa shape index (κ3) is 4.38. The highest BCUT2D eigenvalue weighted by molar-refractivity contribution is 6.50. The summed E-state index contributed by atoms with van der Waals surface area (Å²) in [5, 5.41) is 24.7. The Balaban J connectivity index is 1.73. The smallest absolute Gasteiger partial charge is 0.232 e. The van der Waals surface area contributed by atoms with Crippen LogP contribution >= 0.6 is 0 Å². The molecule has 1 saturated heterocycles. The van der Waals surface area contributed by atoms with Crippen molar-refractivity contribution in [1.29, 1.82) is 5.26 Å². The van der Waals surface area contributed by atoms with E-state index in [2.05, 4.69) is 22.4 Å². The van der Waals surface area contributed by atoms with E-state index in [1.165, 1.54) is 6.92 Å². The van der Waals surface area contributed by atoms with Gasteiger partial charge < -0.3 is 19.9 Å². The summed E-state index contributed by atoms with van der Waals surface area (Å²) in [5.74, 6) is -1.38. The Bertz CT molecular complexity index is 1440. The number of nitrogens with zero attached hydrogens (tertiary/aromatic N) is 3. The third-order valence-electron chi connectivity index (χ3n) is 9.34. The lowest BCUT2D eigenvalue weighted by Crippen LogP contribution is -2.71. The minimum absolute atomic E-state index is 0.0191. The molecule has 10 heteroatoms. The molecule has 2 N–H and O–H groups in total. The zero-order valence-corrected chi connectivity index (χ0v) is 24.7. The molecule has 1 aliphatic carbocycles. The number of nitrogens with one attached hydrogen (secondary N) is 1. The van der Waals surface area contributed by atoms with E-state index >= 15 is 0 Å². The number of benzene rings is 1. The number of aliphatic hydroxyl groups excluding tert-OH is 1. The first-order chi connectivity index (χ1) is 19.4. The number of nitriles is 1. The number of carbonyl (C=O) groups excluding carboxylic acids is 3. The van der Waals surface area contributed by atoms with Crippen LogP contribution in [0.1, 0.15) is 55.5 Å². The van der Waals surface area contributed by atoms with Crippen molar-refractivity contribution in [2.24, 2.45) is 5.92 Å². The van der Waals surface area contributed by atoms with Crippen LogP contribution in [-0.4, -0.2) is 84.0 Å². The van der Waals surface area contributed by atoms with Crippen LogP contribution in [0.25, 0.3) is 0 Å². The average molecular weight is 563 g/mol. The van der Waals surface area contributed by atoms with Crippen LogP contribution in [0.15, 0.2) is 28.5 Å². The van der Waals surface area contributed by atoms with Crippen LogP contribution in [0.3, 0.4) is 0 Å². The molecule has 0 spiro atoms. The highest BCUT2D eigenvalue weighted by Gasteiger charge is 2.57. The number of methoxy groups -OCH3 is 1. The SMILES string of the molecule is COCOc1c(C)c(C)cc2c1[C@@H]1C3CC4=C(C(=O)C(=O)C(C)=C4O)[C@H](CNC(=O)C(C)C)N3[C@@H](C#N)[C@H](C2)N1C. The number of hydrogen-bond donors (Lipinski definition) is 2. The van der Waals surface area contributed by atoms with Gasteiger partial charge in [0.1, 0.15) is 17.6 Å². The molecule has 0 aromatic heterocycles. The van der Waals surface area contributed by atoms with Gasteiger partial charge in [-0.3, -0.25) is 24.2 Å². The number of ketones is 2. The van der Waals surface area contributed by atoms with Crippen LogP contribution in [0.2, 0.25) is 0 Å². The van der Waals surface area contributed by atoms with Gasteiger partial charge in [-0.1, -0.05) is 19.9 Å². The number of aliphatic hydroxyl groups is 1. The van der Waals surface area contributed by atoms with Gasteiger partial charge in [0.15, 0.2) is 6.79 Å². The lowest BCUT2D eigenvalue weighted by atomic mass is 9.69. The first kappa shape index (κ1) is 29.0. The minimum Gasteiger partial charge on any atom is -0.507 e. The van der Waals surface area contributed by atoms with Crippen LogP contribution in [0.4, 0.5) is 0 Å². The molecule has 41 heavy (non-hydrogen) atoms. The van der Waals surface area contributed by atoms with Gasteiger partial charge in [-0.25, -0.2) is 0 Å². The monoisotopic (exact) mass is 562 g/mol. The third-order valence-corrected chi connectivity index (χ3v) is 9.34. The number of carbonyl (C=O) groups is 3. The summed E-state index contributed by atoms with van der Waals surface area (Å²) < 4.78 is 11.5. The van der Waals surface area contributed by atoms with Crippen LogP contribution in [-0.2, 0) is 25.5 Å². The lowest BCUT2D eigenvalue weighted by Gasteiger charge is -2.60. The minimum atomic E-state index is -0.766. The molecule has 4 aliphatic rings. The number of rotatable bonds is 6. The summed E-state index contributed by atoms with van der Waals surface area (Å²) >= 11 is 0. The quantitative estimate of drug-likeness (QED) is 0.305. The fourth-order valence-corrected chi connectivity index (χ4v) is 7.13. The van der Waals surface area contributed by atoms with Gasteiger partial charge in [0.2, 0.25) is 17.5 Å². The maximum absolute atomic E-state index is 13.5. The van der Waals surface area contributed by atoms with Crippen molar-refractivity contribution in [2.45, 2.75) is 77.7 Å². The van der Waals surface area contributed by atoms with Crippen molar-refractivity contribution >= 4 is 17.5 Å². The predicted molar refractivity (Wildman–Crippen MR) is 150 cm³/mol. The molecular formula is C31H38N4O6. The molecule has 218 valence electrons. The van der Waals surface area contributed by atoms with E-state index < -0.39 is 23.7 Å². The maximum atomic E-state index is 13.5. The molecule has 3 heterocycles. The Kier molecular flexibility index (Phi) is 7.57. The molecule has 0 radical (unpaired) electrons. The molecular weight excluding hydrogens is 524 g/mol. The van der Waals surface area contributed by atoms with Crippen LogP contribution in [0, 0.1) is 31.1 Å². The number of aryl methyl sites for hydroxylation is 1. The topological polar surface area (TPSA) is 132 Å². The number of likely N-dealkylation sites (N-methyl/N-ethyl adjacent to an activating group) is 1. The summed E-state index contributed by atoms with van der Waals surface area (Å²) in [7, 11) is 3.58.